The van der Waals surface area contributed by atoms with Crippen LogP contribution in [0.3, 0.4) is 0 Å². The molecule has 2 fully saturated rings. The minimum absolute atomic E-state index is 0.0686. The number of aliphatic hydroxyl groups is 1. The van der Waals surface area contributed by atoms with E-state index < -0.39 is 0 Å². The van der Waals surface area contributed by atoms with Gasteiger partial charge in [0.15, 0.2) is 4.77 Å². The van der Waals surface area contributed by atoms with Gasteiger partial charge in [0.25, 0.3) is 0 Å². The molecule has 0 radical (unpaired) electrons. The molecule has 0 unspecified atom stereocenters. The first kappa shape index (κ1) is 21.1. The number of aromatic amines is 1. The Morgan fingerprint density at radius 2 is 1.88 bits per heavy atom. The van der Waals surface area contributed by atoms with Gasteiger partial charge in [0.2, 0.25) is 0 Å². The lowest BCUT2D eigenvalue weighted by Crippen LogP contribution is -2.43. The third-order valence-electron chi connectivity index (χ3n) is 8.90. The maximum atomic E-state index is 11.0. The highest BCUT2D eigenvalue weighted by Crippen LogP contribution is 2.61. The number of nitrogens with zero attached hydrogens (tertiary/aromatic N) is 1. The molecule has 3 aliphatic carbocycles. The van der Waals surface area contributed by atoms with Crippen LogP contribution in [0.15, 0.2) is 48.5 Å². The molecule has 0 aliphatic heterocycles. The van der Waals surface area contributed by atoms with Crippen LogP contribution in [0.2, 0.25) is 0 Å². The van der Waals surface area contributed by atoms with Gasteiger partial charge < -0.3 is 15.2 Å². The van der Waals surface area contributed by atoms with E-state index in [4.69, 9.17) is 12.2 Å². The normalized spacial score (nSPS) is 30.4. The third-order valence-corrected chi connectivity index (χ3v) is 9.09. The molecule has 1 aromatic heterocycles. The largest absolute Gasteiger partial charge is 0.507 e. The number of hydrogen-bond donors (Lipinski definition) is 3. The molecule has 4 nitrogen and oxygen atoms in total. The summed E-state index contributed by atoms with van der Waals surface area (Å²) in [6.07, 6.45) is 6.24. The molecule has 2 aromatic carbocycles. The quantitative estimate of drug-likeness (QED) is 0.389. The highest BCUT2D eigenvalue weighted by atomic mass is 32.1. The molecule has 0 spiro atoms. The lowest BCUT2D eigenvalue weighted by molar-refractivity contribution is -0.0226. The van der Waals surface area contributed by atoms with Crippen LogP contribution in [0.1, 0.15) is 56.1 Å². The zero-order valence-corrected chi connectivity index (χ0v) is 19.7. The fourth-order valence-corrected chi connectivity index (χ4v) is 7.36. The monoisotopic (exact) mass is 458 g/mol. The second-order valence-electron chi connectivity index (χ2n) is 10.5. The summed E-state index contributed by atoms with van der Waals surface area (Å²) in [5.41, 5.74) is 6.11. The second kappa shape index (κ2) is 7.78. The highest BCUT2D eigenvalue weighted by molar-refractivity contribution is 7.71. The molecule has 0 bridgehead atoms. The number of aromatic hydroxyl groups is 1. The van der Waals surface area contributed by atoms with E-state index >= 15 is 0 Å². The average Bonchev–Trinajstić information content (AvgIpc) is 3.13. The lowest BCUT2D eigenvalue weighted by Gasteiger charge is -2.50. The Labute approximate surface area is 199 Å². The smallest absolute Gasteiger partial charge is 0.197 e. The maximum absolute atomic E-state index is 11.0. The zero-order chi connectivity index (χ0) is 22.7. The van der Waals surface area contributed by atoms with E-state index in [0.29, 0.717) is 28.3 Å². The third kappa shape index (κ3) is 3.36. The molecule has 3 N–H and O–H groups in total. The zero-order valence-electron chi connectivity index (χ0n) is 18.9. The van der Waals surface area contributed by atoms with Gasteiger partial charge in [-0.25, -0.2) is 4.98 Å². The Morgan fingerprint density at radius 3 is 2.70 bits per heavy atom. The Balaban J connectivity index is 1.42. The van der Waals surface area contributed by atoms with Crippen LogP contribution in [0.25, 0.3) is 22.5 Å². The highest BCUT2D eigenvalue weighted by Gasteiger charge is 2.54. The van der Waals surface area contributed by atoms with Crippen molar-refractivity contribution in [3.05, 3.63) is 64.4 Å². The Kier molecular flexibility index (Phi) is 4.96. The van der Waals surface area contributed by atoms with Crippen LogP contribution in [0, 0.1) is 22.0 Å². The van der Waals surface area contributed by atoms with E-state index in [1.165, 1.54) is 11.1 Å². The van der Waals surface area contributed by atoms with Gasteiger partial charge >= 0.3 is 0 Å². The number of aliphatic hydroxyl groups excluding tert-OH is 1. The molecule has 5 heteroatoms. The van der Waals surface area contributed by atoms with E-state index in [1.54, 1.807) is 0 Å². The van der Waals surface area contributed by atoms with Crippen LogP contribution in [0.4, 0.5) is 0 Å². The van der Waals surface area contributed by atoms with Crippen LogP contribution >= 0.6 is 12.2 Å². The summed E-state index contributed by atoms with van der Waals surface area (Å²) >= 11 is 5.45. The molecule has 1 heterocycles. The van der Waals surface area contributed by atoms with Crippen molar-refractivity contribution >= 4 is 12.2 Å². The van der Waals surface area contributed by atoms with Crippen LogP contribution in [-0.4, -0.2) is 26.3 Å². The average molecular weight is 459 g/mol. The van der Waals surface area contributed by atoms with Gasteiger partial charge in [0.1, 0.15) is 5.75 Å². The lowest BCUT2D eigenvalue weighted by atomic mass is 9.55. The topological polar surface area (TPSA) is 69.1 Å². The molecule has 170 valence electrons. The van der Waals surface area contributed by atoms with Gasteiger partial charge in [0, 0.05) is 11.1 Å². The summed E-state index contributed by atoms with van der Waals surface area (Å²) in [5.74, 6) is 1.99. The Morgan fingerprint density at radius 1 is 1.06 bits per heavy atom. The molecule has 6 rings (SSSR count). The van der Waals surface area contributed by atoms with E-state index in [0.717, 1.165) is 61.0 Å². The van der Waals surface area contributed by atoms with E-state index in [9.17, 15) is 10.2 Å². The van der Waals surface area contributed by atoms with Crippen molar-refractivity contribution < 1.29 is 10.2 Å². The van der Waals surface area contributed by atoms with Crippen molar-refractivity contribution in [2.24, 2.45) is 17.3 Å². The number of H-pyrrole nitrogens is 1. The summed E-state index contributed by atoms with van der Waals surface area (Å²) in [6.45, 7) is 2.31. The second-order valence-corrected chi connectivity index (χ2v) is 10.9. The SMILES string of the molecule is C[C@]12CC[C@@H]3c4cc(-c5cc(-c6ccccc6)nc(=S)[nH]5)c(O)cc4CC[C@H]3[C@@H]1CC[C@@H]2O. The number of benzene rings is 2. The minimum Gasteiger partial charge on any atom is -0.507 e. The molecular weight excluding hydrogens is 428 g/mol. The molecule has 2 saturated carbocycles. The number of nitrogens with one attached hydrogen (secondary N) is 1. The fraction of sp³-hybridized carbons (Fsp3) is 0.429. The number of hydrogen-bond acceptors (Lipinski definition) is 4. The summed E-state index contributed by atoms with van der Waals surface area (Å²) < 4.78 is 0.412. The van der Waals surface area contributed by atoms with Crippen molar-refractivity contribution in [3.63, 3.8) is 0 Å². The summed E-state index contributed by atoms with van der Waals surface area (Å²) in [5, 5.41) is 21.7. The molecule has 0 amide bonds. The first-order valence-electron chi connectivity index (χ1n) is 12.1. The molecule has 33 heavy (non-hydrogen) atoms. The number of rotatable bonds is 2. The maximum Gasteiger partial charge on any atom is 0.197 e. The van der Waals surface area contributed by atoms with Crippen molar-refractivity contribution in [1.82, 2.24) is 9.97 Å². The van der Waals surface area contributed by atoms with Crippen LogP contribution in [0.5, 0.6) is 5.75 Å². The number of fused-ring (bicyclic) bond motifs is 5. The standard InChI is InChI=1S/C28H30N2O2S/c1-28-12-11-18-19(22(28)9-10-26(28)32)8-7-17-13-25(31)21(14-20(17)18)24-15-23(29-27(33)30-24)16-5-3-2-4-6-16/h2-6,13-15,18-19,22,26,31-32H,7-12H2,1H3,(H,29,30,33)/t18-,19+,22-,26-,28-/m0/s1. The number of aryl methyl sites for hydroxylation is 1. The van der Waals surface area contributed by atoms with Crippen LogP contribution in [-0.2, 0) is 6.42 Å². The molecular formula is C28H30N2O2S. The van der Waals surface area contributed by atoms with Crippen molar-refractivity contribution in [3.8, 4) is 28.3 Å². The molecule has 3 aromatic rings. The minimum atomic E-state index is -0.159. The Bertz CT molecular complexity index is 1270. The summed E-state index contributed by atoms with van der Waals surface area (Å²) in [6, 6.07) is 16.2. The van der Waals surface area contributed by atoms with Gasteiger partial charge in [-0.05, 0) is 103 Å². The number of phenolic OH excluding ortho intramolecular Hbond substituents is 1. The van der Waals surface area contributed by atoms with Gasteiger partial charge in [0.05, 0.1) is 17.5 Å². The molecule has 3 aliphatic rings. The van der Waals surface area contributed by atoms with Gasteiger partial charge in [-0.3, -0.25) is 0 Å². The van der Waals surface area contributed by atoms with E-state index in [1.807, 2.05) is 42.5 Å². The van der Waals surface area contributed by atoms with Gasteiger partial charge in [-0.15, -0.1) is 0 Å². The van der Waals surface area contributed by atoms with E-state index in [2.05, 4.69) is 23.0 Å². The fourth-order valence-electron chi connectivity index (χ4n) is 7.16. The van der Waals surface area contributed by atoms with Crippen molar-refractivity contribution in [1.29, 1.82) is 0 Å². The first-order chi connectivity index (χ1) is 15.9. The predicted molar refractivity (Wildman–Crippen MR) is 133 cm³/mol. The van der Waals surface area contributed by atoms with Crippen LogP contribution < -0.4 is 0 Å². The van der Waals surface area contributed by atoms with Crippen molar-refractivity contribution in [2.75, 3.05) is 0 Å². The molecule has 5 atom stereocenters. The van der Waals surface area contributed by atoms with Crippen molar-refractivity contribution in [2.45, 2.75) is 57.5 Å². The first-order valence-corrected chi connectivity index (χ1v) is 12.6. The van der Waals surface area contributed by atoms with E-state index in [-0.39, 0.29) is 11.5 Å². The van der Waals surface area contributed by atoms with Gasteiger partial charge in [-0.1, -0.05) is 37.3 Å². The predicted octanol–water partition coefficient (Wildman–Crippen LogP) is 6.40. The number of aromatic nitrogens is 2. The number of phenols is 1. The Hall–Kier alpha value is -2.50. The van der Waals surface area contributed by atoms with Gasteiger partial charge in [-0.2, -0.15) is 0 Å². The summed E-state index contributed by atoms with van der Waals surface area (Å²) in [4.78, 5) is 7.73. The molecule has 0 saturated heterocycles. The summed E-state index contributed by atoms with van der Waals surface area (Å²) in [7, 11) is 0.